The molecule has 0 spiro atoms. The Hall–Kier alpha value is -3.00. The predicted octanol–water partition coefficient (Wildman–Crippen LogP) is 2.73. The first kappa shape index (κ1) is 25.6. The fraction of sp³-hybridized carbons (Fsp3) is 0.500. The molecule has 1 aliphatic heterocycles. The SMILES string of the molecule is Cc1cc(C(F)(F)F)nn1CCCNC(=O)C1CCN(S(=O)(=O)c2ccc([N+](=O)[O-])cc2)CC1. The van der Waals surface area contributed by atoms with E-state index in [1.165, 1.54) is 28.0 Å². The lowest BCUT2D eigenvalue weighted by molar-refractivity contribution is -0.384. The quantitative estimate of drug-likeness (QED) is 0.335. The number of nitro groups is 1. The van der Waals surface area contributed by atoms with Crippen LogP contribution in [-0.2, 0) is 27.5 Å². The number of alkyl halides is 3. The van der Waals surface area contributed by atoms with E-state index in [1.54, 1.807) is 0 Å². The Morgan fingerprint density at radius 1 is 1.24 bits per heavy atom. The molecule has 2 heterocycles. The first-order chi connectivity index (χ1) is 15.9. The molecule has 0 aliphatic carbocycles. The van der Waals surface area contributed by atoms with Gasteiger partial charge in [-0.3, -0.25) is 19.6 Å². The van der Waals surface area contributed by atoms with Crippen LogP contribution in [0.3, 0.4) is 0 Å². The second kappa shape index (κ2) is 10.1. The summed E-state index contributed by atoms with van der Waals surface area (Å²) in [6.45, 7) is 2.25. The van der Waals surface area contributed by atoms with Crippen molar-refractivity contribution in [3.8, 4) is 0 Å². The maximum absolute atomic E-state index is 12.8. The zero-order valence-corrected chi connectivity index (χ0v) is 19.1. The Bertz CT molecular complexity index is 1140. The topological polar surface area (TPSA) is 127 Å². The Morgan fingerprint density at radius 2 is 1.85 bits per heavy atom. The number of hydrogen-bond acceptors (Lipinski definition) is 6. The molecule has 3 rings (SSSR count). The summed E-state index contributed by atoms with van der Waals surface area (Å²) >= 11 is 0. The number of halogens is 3. The van der Waals surface area contributed by atoms with E-state index in [9.17, 15) is 36.5 Å². The van der Waals surface area contributed by atoms with E-state index in [0.717, 1.165) is 18.2 Å². The summed E-state index contributed by atoms with van der Waals surface area (Å²) in [5, 5.41) is 17.0. The summed E-state index contributed by atoms with van der Waals surface area (Å²) in [6, 6.07) is 5.59. The van der Waals surface area contributed by atoms with Crippen molar-refractivity contribution in [1.82, 2.24) is 19.4 Å². The van der Waals surface area contributed by atoms with Crippen molar-refractivity contribution >= 4 is 21.6 Å². The number of nitro benzene ring substituents is 1. The molecule has 1 fully saturated rings. The van der Waals surface area contributed by atoms with E-state index >= 15 is 0 Å². The summed E-state index contributed by atoms with van der Waals surface area (Å²) in [7, 11) is -3.83. The zero-order valence-electron chi connectivity index (χ0n) is 18.3. The number of piperidine rings is 1. The molecule has 34 heavy (non-hydrogen) atoms. The molecule has 0 saturated carbocycles. The maximum Gasteiger partial charge on any atom is 0.435 e. The van der Waals surface area contributed by atoms with Crippen molar-refractivity contribution in [2.75, 3.05) is 19.6 Å². The van der Waals surface area contributed by atoms with Gasteiger partial charge in [-0.25, -0.2) is 8.42 Å². The summed E-state index contributed by atoms with van der Waals surface area (Å²) < 4.78 is 66.2. The minimum Gasteiger partial charge on any atom is -0.356 e. The molecule has 2 aromatic rings. The van der Waals surface area contributed by atoms with Gasteiger partial charge in [-0.15, -0.1) is 0 Å². The van der Waals surface area contributed by atoms with Crippen LogP contribution in [0.25, 0.3) is 0 Å². The van der Waals surface area contributed by atoms with Crippen molar-refractivity contribution < 1.29 is 31.3 Å². The van der Waals surface area contributed by atoms with E-state index in [2.05, 4.69) is 10.4 Å². The van der Waals surface area contributed by atoms with Crippen LogP contribution in [-0.4, -0.2) is 53.0 Å². The van der Waals surface area contributed by atoms with Crippen LogP contribution < -0.4 is 5.32 Å². The van der Waals surface area contributed by atoms with E-state index < -0.39 is 26.8 Å². The Kier molecular flexibility index (Phi) is 7.60. The van der Waals surface area contributed by atoms with Gasteiger partial charge in [-0.2, -0.15) is 22.6 Å². The number of sulfonamides is 1. The van der Waals surface area contributed by atoms with Crippen molar-refractivity contribution in [2.45, 2.75) is 43.8 Å². The normalized spacial score (nSPS) is 15.9. The summed E-state index contributed by atoms with van der Waals surface area (Å²) in [4.78, 5) is 22.5. The van der Waals surface area contributed by atoms with Crippen LogP contribution in [0.4, 0.5) is 18.9 Å². The second-order valence-corrected chi connectivity index (χ2v) is 9.90. The minimum atomic E-state index is -4.51. The minimum absolute atomic E-state index is 0.0522. The van der Waals surface area contributed by atoms with Crippen molar-refractivity contribution in [3.63, 3.8) is 0 Å². The summed E-state index contributed by atoms with van der Waals surface area (Å²) in [5.41, 5.74) is -0.789. The molecular formula is C20H24F3N5O5S. The van der Waals surface area contributed by atoms with Crippen LogP contribution in [0.15, 0.2) is 35.2 Å². The van der Waals surface area contributed by atoms with Crippen LogP contribution >= 0.6 is 0 Å². The Balaban J connectivity index is 1.45. The average molecular weight is 504 g/mol. The zero-order chi connectivity index (χ0) is 25.1. The fourth-order valence-electron chi connectivity index (χ4n) is 3.71. The van der Waals surface area contributed by atoms with Gasteiger partial charge >= 0.3 is 6.18 Å². The lowest BCUT2D eigenvalue weighted by Crippen LogP contribution is -2.43. The molecule has 1 aromatic heterocycles. The van der Waals surface area contributed by atoms with Crippen LogP contribution in [0.2, 0.25) is 0 Å². The number of carbonyl (C=O) groups is 1. The third-order valence-corrected chi connectivity index (χ3v) is 7.54. The molecular weight excluding hydrogens is 479 g/mol. The Labute approximate surface area is 193 Å². The highest BCUT2D eigenvalue weighted by Gasteiger charge is 2.34. The standard InChI is InChI=1S/C20H24F3N5O5S/c1-14-13-18(20(21,22)23)25-27(14)10-2-9-24-19(29)15-7-11-26(12-8-15)34(32,33)17-5-3-16(4-6-17)28(30)31/h3-6,13,15H,2,7-12H2,1H3,(H,24,29). The summed E-state index contributed by atoms with van der Waals surface area (Å²) in [6.07, 6.45) is -3.50. The smallest absolute Gasteiger partial charge is 0.356 e. The third-order valence-electron chi connectivity index (χ3n) is 5.63. The van der Waals surface area contributed by atoms with Gasteiger partial charge in [0, 0.05) is 49.9 Å². The first-order valence-corrected chi connectivity index (χ1v) is 12.0. The monoisotopic (exact) mass is 503 g/mol. The number of amides is 1. The highest BCUT2D eigenvalue weighted by molar-refractivity contribution is 7.89. The lowest BCUT2D eigenvalue weighted by atomic mass is 9.97. The lowest BCUT2D eigenvalue weighted by Gasteiger charge is -2.30. The van der Waals surface area contributed by atoms with Gasteiger partial charge in [0.05, 0.1) is 9.82 Å². The van der Waals surface area contributed by atoms with E-state index in [0.29, 0.717) is 25.0 Å². The number of carbonyl (C=O) groups excluding carboxylic acids is 1. The van der Waals surface area contributed by atoms with Gasteiger partial charge in [0.2, 0.25) is 15.9 Å². The number of benzene rings is 1. The highest BCUT2D eigenvalue weighted by Crippen LogP contribution is 2.28. The molecule has 1 N–H and O–H groups in total. The second-order valence-electron chi connectivity index (χ2n) is 7.97. The number of rotatable bonds is 8. The fourth-order valence-corrected chi connectivity index (χ4v) is 5.18. The number of nitrogens with zero attached hydrogens (tertiary/aromatic N) is 4. The van der Waals surface area contributed by atoms with Gasteiger partial charge in [0.15, 0.2) is 5.69 Å². The molecule has 0 atom stereocenters. The number of aryl methyl sites for hydroxylation is 2. The van der Waals surface area contributed by atoms with Crippen LogP contribution in [0.1, 0.15) is 30.7 Å². The van der Waals surface area contributed by atoms with E-state index in [1.807, 2.05) is 0 Å². The number of hydrogen-bond donors (Lipinski definition) is 1. The highest BCUT2D eigenvalue weighted by atomic mass is 32.2. The van der Waals surface area contributed by atoms with Crippen LogP contribution in [0, 0.1) is 23.0 Å². The number of non-ortho nitro benzene ring substituents is 1. The first-order valence-electron chi connectivity index (χ1n) is 10.5. The Morgan fingerprint density at radius 3 is 2.38 bits per heavy atom. The largest absolute Gasteiger partial charge is 0.435 e. The van der Waals surface area contributed by atoms with Crippen molar-refractivity contribution in [3.05, 3.63) is 51.8 Å². The molecule has 0 unspecified atom stereocenters. The van der Waals surface area contributed by atoms with Gasteiger partial charge in [0.1, 0.15) is 0 Å². The molecule has 186 valence electrons. The molecule has 1 aliphatic rings. The molecule has 1 saturated heterocycles. The molecule has 10 nitrogen and oxygen atoms in total. The van der Waals surface area contributed by atoms with Crippen LogP contribution in [0.5, 0.6) is 0 Å². The average Bonchev–Trinajstić information content (AvgIpc) is 3.17. The molecule has 1 aromatic carbocycles. The van der Waals surface area contributed by atoms with Gasteiger partial charge in [0.25, 0.3) is 5.69 Å². The van der Waals surface area contributed by atoms with Gasteiger partial charge in [-0.05, 0) is 44.4 Å². The van der Waals surface area contributed by atoms with E-state index in [-0.39, 0.29) is 48.6 Å². The molecule has 14 heteroatoms. The molecule has 0 radical (unpaired) electrons. The van der Waals surface area contributed by atoms with Gasteiger partial charge in [-0.1, -0.05) is 0 Å². The molecule has 0 bridgehead atoms. The predicted molar refractivity (Wildman–Crippen MR) is 114 cm³/mol. The number of nitrogens with one attached hydrogen (secondary N) is 1. The van der Waals surface area contributed by atoms with Crippen molar-refractivity contribution in [2.24, 2.45) is 5.92 Å². The number of aromatic nitrogens is 2. The molecule has 1 amide bonds. The van der Waals surface area contributed by atoms with Crippen molar-refractivity contribution in [1.29, 1.82) is 0 Å². The third kappa shape index (κ3) is 5.91. The van der Waals surface area contributed by atoms with Gasteiger partial charge < -0.3 is 5.32 Å². The maximum atomic E-state index is 12.8. The summed E-state index contributed by atoms with van der Waals surface area (Å²) in [5.74, 6) is -0.618. The van der Waals surface area contributed by atoms with E-state index in [4.69, 9.17) is 0 Å².